The predicted molar refractivity (Wildman–Crippen MR) is 66.5 cm³/mol. The lowest BCUT2D eigenvalue weighted by molar-refractivity contribution is -0.242. The minimum Gasteiger partial charge on any atom is -0.395 e. The normalized spacial score (nSPS) is 28.8. The Bertz CT molecular complexity index is 420. The van der Waals surface area contributed by atoms with Gasteiger partial charge in [0, 0.05) is 19.6 Å². The molecular formula is C14H18F3NO. The molecule has 5 heteroatoms. The molecule has 2 nitrogen and oxygen atoms in total. The summed E-state index contributed by atoms with van der Waals surface area (Å²) < 4.78 is 39.6. The van der Waals surface area contributed by atoms with Crippen LogP contribution in [0.15, 0.2) is 30.3 Å². The van der Waals surface area contributed by atoms with Crippen LogP contribution in [0.2, 0.25) is 0 Å². The van der Waals surface area contributed by atoms with Crippen molar-refractivity contribution >= 4 is 0 Å². The van der Waals surface area contributed by atoms with Crippen molar-refractivity contribution in [1.82, 2.24) is 4.90 Å². The van der Waals surface area contributed by atoms with Crippen molar-refractivity contribution in [2.24, 2.45) is 11.3 Å². The Balaban J connectivity index is 2.13. The largest absolute Gasteiger partial charge is 0.398 e. The van der Waals surface area contributed by atoms with Crippen LogP contribution in [-0.2, 0) is 6.54 Å². The number of nitrogens with zero attached hydrogens (tertiary/aromatic N) is 1. The Morgan fingerprint density at radius 2 is 1.95 bits per heavy atom. The van der Waals surface area contributed by atoms with Gasteiger partial charge in [0.25, 0.3) is 0 Å². The summed E-state index contributed by atoms with van der Waals surface area (Å²) in [6.07, 6.45) is -4.37. The highest BCUT2D eigenvalue weighted by Crippen LogP contribution is 2.48. The number of hydrogen-bond donors (Lipinski definition) is 1. The fourth-order valence-electron chi connectivity index (χ4n) is 2.81. The van der Waals surface area contributed by atoms with Gasteiger partial charge in [0.15, 0.2) is 0 Å². The molecule has 1 aliphatic rings. The molecule has 1 saturated heterocycles. The molecule has 0 aromatic heterocycles. The first-order valence-electron chi connectivity index (χ1n) is 6.33. The number of aliphatic hydroxyl groups excluding tert-OH is 1. The first-order valence-corrected chi connectivity index (χ1v) is 6.33. The number of likely N-dealkylation sites (tertiary alicyclic amines) is 1. The lowest BCUT2D eigenvalue weighted by atomic mass is 9.79. The molecule has 1 N–H and O–H groups in total. The van der Waals surface area contributed by atoms with Crippen LogP contribution < -0.4 is 0 Å². The van der Waals surface area contributed by atoms with Crippen molar-refractivity contribution in [3.8, 4) is 0 Å². The zero-order valence-electron chi connectivity index (χ0n) is 10.8. The monoisotopic (exact) mass is 273 g/mol. The van der Waals surface area contributed by atoms with E-state index in [1.54, 1.807) is 11.8 Å². The molecule has 0 radical (unpaired) electrons. The van der Waals surface area contributed by atoms with E-state index in [0.29, 0.717) is 13.1 Å². The number of alkyl halides is 3. The molecule has 1 aromatic rings. The molecule has 106 valence electrons. The number of halogens is 3. The summed E-state index contributed by atoms with van der Waals surface area (Å²) in [5.41, 5.74) is -0.993. The van der Waals surface area contributed by atoms with E-state index >= 15 is 0 Å². The molecule has 1 fully saturated rings. The van der Waals surface area contributed by atoms with E-state index in [0.717, 1.165) is 5.56 Å². The molecule has 0 unspecified atom stereocenters. The van der Waals surface area contributed by atoms with Gasteiger partial charge in [-0.2, -0.15) is 13.2 Å². The summed E-state index contributed by atoms with van der Waals surface area (Å²) in [7, 11) is 0. The van der Waals surface area contributed by atoms with E-state index in [1.807, 2.05) is 30.3 Å². The highest BCUT2D eigenvalue weighted by molar-refractivity contribution is 5.15. The molecule has 2 rings (SSSR count). The lowest BCUT2D eigenvalue weighted by Gasteiger charge is -2.33. The minimum absolute atomic E-state index is 0.136. The van der Waals surface area contributed by atoms with E-state index in [4.69, 9.17) is 0 Å². The van der Waals surface area contributed by atoms with Gasteiger partial charge in [-0.15, -0.1) is 0 Å². The van der Waals surface area contributed by atoms with Crippen LogP contribution in [0, 0.1) is 11.3 Å². The maximum absolute atomic E-state index is 13.2. The molecule has 1 heterocycles. The summed E-state index contributed by atoms with van der Waals surface area (Å²) in [5.74, 6) is -0.596. The fraction of sp³-hybridized carbons (Fsp3) is 0.571. The second-order valence-corrected chi connectivity index (χ2v) is 5.37. The van der Waals surface area contributed by atoms with Gasteiger partial charge in [-0.25, -0.2) is 0 Å². The highest BCUT2D eigenvalue weighted by Gasteiger charge is 2.61. The van der Waals surface area contributed by atoms with E-state index in [2.05, 4.69) is 0 Å². The van der Waals surface area contributed by atoms with Crippen molar-refractivity contribution in [2.45, 2.75) is 19.6 Å². The molecule has 1 aliphatic heterocycles. The SMILES string of the molecule is C[C@@H]1CN(Cc2ccccc2)C[C@@]1(CO)C(F)(F)F. The molecular weight excluding hydrogens is 255 g/mol. The third-order valence-electron chi connectivity index (χ3n) is 4.08. The third-order valence-corrected chi connectivity index (χ3v) is 4.08. The molecule has 2 atom stereocenters. The van der Waals surface area contributed by atoms with Crippen LogP contribution in [0.3, 0.4) is 0 Å². The van der Waals surface area contributed by atoms with Gasteiger partial charge >= 0.3 is 6.18 Å². The first-order chi connectivity index (χ1) is 8.89. The van der Waals surface area contributed by atoms with E-state index < -0.39 is 24.1 Å². The van der Waals surface area contributed by atoms with Crippen molar-refractivity contribution in [3.63, 3.8) is 0 Å². The highest BCUT2D eigenvalue weighted by atomic mass is 19.4. The smallest absolute Gasteiger partial charge is 0.395 e. The summed E-state index contributed by atoms with van der Waals surface area (Å²) >= 11 is 0. The number of rotatable bonds is 3. The second kappa shape index (κ2) is 5.13. The van der Waals surface area contributed by atoms with Crippen molar-refractivity contribution in [2.75, 3.05) is 19.7 Å². The fourth-order valence-corrected chi connectivity index (χ4v) is 2.81. The van der Waals surface area contributed by atoms with E-state index in [1.165, 1.54) is 0 Å². The summed E-state index contributed by atoms with van der Waals surface area (Å²) in [5, 5.41) is 9.26. The maximum Gasteiger partial charge on any atom is 0.398 e. The van der Waals surface area contributed by atoms with Crippen molar-refractivity contribution in [3.05, 3.63) is 35.9 Å². The average molecular weight is 273 g/mol. The topological polar surface area (TPSA) is 23.5 Å². The maximum atomic E-state index is 13.2. The van der Waals surface area contributed by atoms with Gasteiger partial charge < -0.3 is 5.11 Å². The Morgan fingerprint density at radius 3 is 2.42 bits per heavy atom. The molecule has 19 heavy (non-hydrogen) atoms. The van der Waals surface area contributed by atoms with Crippen LogP contribution in [0.4, 0.5) is 13.2 Å². The van der Waals surface area contributed by atoms with Crippen LogP contribution >= 0.6 is 0 Å². The van der Waals surface area contributed by atoms with Crippen molar-refractivity contribution in [1.29, 1.82) is 0 Å². The zero-order chi connectivity index (χ0) is 14.1. The van der Waals surface area contributed by atoms with E-state index in [9.17, 15) is 18.3 Å². The van der Waals surface area contributed by atoms with Gasteiger partial charge in [0.2, 0.25) is 0 Å². The molecule has 0 saturated carbocycles. The summed E-state index contributed by atoms with van der Waals surface area (Å²) in [6.45, 7) is 1.43. The van der Waals surface area contributed by atoms with Crippen molar-refractivity contribution < 1.29 is 18.3 Å². The Hall–Kier alpha value is -1.07. The number of aliphatic hydroxyl groups is 1. The third kappa shape index (κ3) is 2.62. The van der Waals surface area contributed by atoms with E-state index in [-0.39, 0.29) is 6.54 Å². The molecule has 0 aliphatic carbocycles. The zero-order valence-corrected chi connectivity index (χ0v) is 10.8. The molecule has 1 aromatic carbocycles. The standard InChI is InChI=1S/C14H18F3NO/c1-11-7-18(8-12-5-3-2-4-6-12)9-13(11,10-19)14(15,16)17/h2-6,11,19H,7-10H2,1H3/t11-,13+/m1/s1. The first kappa shape index (κ1) is 14.3. The Labute approximate surface area is 110 Å². The lowest BCUT2D eigenvalue weighted by Crippen LogP contribution is -2.47. The number of hydrogen-bond acceptors (Lipinski definition) is 2. The molecule has 0 amide bonds. The van der Waals surface area contributed by atoms with Gasteiger partial charge in [0.1, 0.15) is 5.41 Å². The number of benzene rings is 1. The minimum atomic E-state index is -4.37. The Morgan fingerprint density at radius 1 is 1.32 bits per heavy atom. The van der Waals surface area contributed by atoms with Crippen LogP contribution in [0.25, 0.3) is 0 Å². The van der Waals surface area contributed by atoms with Gasteiger partial charge in [-0.05, 0) is 11.5 Å². The average Bonchev–Trinajstić information content (AvgIpc) is 2.67. The van der Waals surface area contributed by atoms with Gasteiger partial charge in [-0.3, -0.25) is 4.90 Å². The molecule has 0 spiro atoms. The predicted octanol–water partition coefficient (Wildman–Crippen LogP) is 2.68. The summed E-state index contributed by atoms with van der Waals surface area (Å²) in [4.78, 5) is 1.77. The summed E-state index contributed by atoms with van der Waals surface area (Å²) in [6, 6.07) is 9.42. The van der Waals surface area contributed by atoms with Crippen LogP contribution in [-0.4, -0.2) is 35.9 Å². The quantitative estimate of drug-likeness (QED) is 0.915. The van der Waals surface area contributed by atoms with Crippen LogP contribution in [0.1, 0.15) is 12.5 Å². The van der Waals surface area contributed by atoms with Crippen LogP contribution in [0.5, 0.6) is 0 Å². The van der Waals surface area contributed by atoms with Gasteiger partial charge in [0.05, 0.1) is 6.61 Å². The Kier molecular flexibility index (Phi) is 3.87. The molecule has 0 bridgehead atoms. The van der Waals surface area contributed by atoms with Gasteiger partial charge in [-0.1, -0.05) is 37.3 Å². The second-order valence-electron chi connectivity index (χ2n) is 5.37.